The van der Waals surface area contributed by atoms with Crippen LogP contribution in [0.3, 0.4) is 0 Å². The number of aromatic nitrogens is 1. The van der Waals surface area contributed by atoms with Crippen molar-refractivity contribution in [2.24, 2.45) is 7.05 Å². The first-order valence-corrected chi connectivity index (χ1v) is 9.97. The third-order valence-electron chi connectivity index (χ3n) is 4.20. The molecular formula is C20H18F3NO6S. The van der Waals surface area contributed by atoms with Crippen LogP contribution in [0.15, 0.2) is 54.7 Å². The second-order valence-corrected chi connectivity index (χ2v) is 7.57. The van der Waals surface area contributed by atoms with Crippen LogP contribution >= 0.6 is 0 Å². The summed E-state index contributed by atoms with van der Waals surface area (Å²) in [5.41, 5.74) is -3.01. The Labute approximate surface area is 176 Å². The van der Waals surface area contributed by atoms with Crippen molar-refractivity contribution in [1.82, 2.24) is 0 Å². The van der Waals surface area contributed by atoms with E-state index in [1.807, 2.05) is 31.3 Å². The van der Waals surface area contributed by atoms with E-state index < -0.39 is 15.6 Å². The van der Waals surface area contributed by atoms with Crippen molar-refractivity contribution in [3.05, 3.63) is 60.3 Å². The Morgan fingerprint density at radius 1 is 1.06 bits per heavy atom. The van der Waals surface area contributed by atoms with Gasteiger partial charge in [0.15, 0.2) is 16.3 Å². The van der Waals surface area contributed by atoms with Crippen LogP contribution in [0.4, 0.5) is 13.2 Å². The summed E-state index contributed by atoms with van der Waals surface area (Å²) < 4.78 is 71.1. The van der Waals surface area contributed by atoms with E-state index in [1.165, 1.54) is 7.11 Å². The molecule has 11 heteroatoms. The number of rotatable bonds is 3. The maximum absolute atomic E-state index is 11.5. The number of halogens is 3. The van der Waals surface area contributed by atoms with Crippen LogP contribution in [0.2, 0.25) is 0 Å². The third-order valence-corrected chi connectivity index (χ3v) is 4.77. The molecule has 0 unspecified atom stereocenters. The van der Waals surface area contributed by atoms with E-state index in [2.05, 4.69) is 22.9 Å². The molecule has 0 aliphatic rings. The summed E-state index contributed by atoms with van der Waals surface area (Å²) in [6.07, 6.45) is 2.05. The highest BCUT2D eigenvalue weighted by Crippen LogP contribution is 2.27. The molecule has 2 aromatic carbocycles. The average molecular weight is 457 g/mol. The van der Waals surface area contributed by atoms with Crippen LogP contribution in [0.5, 0.6) is 5.75 Å². The lowest BCUT2D eigenvalue weighted by molar-refractivity contribution is -0.659. The van der Waals surface area contributed by atoms with Crippen LogP contribution in [0.1, 0.15) is 10.4 Å². The maximum atomic E-state index is 11.5. The SMILES string of the molecule is COC(=O)c1ccc(-c2cc3cccc(OC)c3c[n+]2C)cc1.O=S(=O)([O-])C(F)(F)F. The molecule has 31 heavy (non-hydrogen) atoms. The van der Waals surface area contributed by atoms with Crippen LogP contribution in [0, 0.1) is 0 Å². The number of benzene rings is 2. The van der Waals surface area contributed by atoms with Crippen LogP contribution in [-0.2, 0) is 21.9 Å². The minimum Gasteiger partial charge on any atom is -0.741 e. The molecule has 166 valence electrons. The number of alkyl halides is 3. The first-order valence-electron chi connectivity index (χ1n) is 8.56. The Morgan fingerprint density at radius 3 is 2.13 bits per heavy atom. The molecule has 0 aliphatic carbocycles. The molecule has 0 saturated carbocycles. The number of hydrogen-bond acceptors (Lipinski definition) is 6. The van der Waals surface area contributed by atoms with Gasteiger partial charge in [-0.3, -0.25) is 0 Å². The summed E-state index contributed by atoms with van der Waals surface area (Å²) in [7, 11) is -1.04. The van der Waals surface area contributed by atoms with Crippen molar-refractivity contribution >= 4 is 26.9 Å². The first-order chi connectivity index (χ1) is 14.4. The Hall–Kier alpha value is -3.18. The van der Waals surface area contributed by atoms with Gasteiger partial charge in [-0.1, -0.05) is 12.1 Å². The number of carbonyl (C=O) groups is 1. The predicted octanol–water partition coefficient (Wildman–Crippen LogP) is 3.18. The van der Waals surface area contributed by atoms with E-state index in [1.54, 1.807) is 19.2 Å². The summed E-state index contributed by atoms with van der Waals surface area (Å²) >= 11 is 0. The summed E-state index contributed by atoms with van der Waals surface area (Å²) in [5, 5.41) is 2.17. The van der Waals surface area contributed by atoms with Crippen LogP contribution in [0.25, 0.3) is 22.0 Å². The Bertz CT molecular complexity index is 1190. The Morgan fingerprint density at radius 2 is 1.65 bits per heavy atom. The first kappa shape index (κ1) is 24.1. The molecule has 3 aromatic rings. The van der Waals surface area contributed by atoms with Crippen molar-refractivity contribution < 1.29 is 45.0 Å². The summed E-state index contributed by atoms with van der Waals surface area (Å²) in [4.78, 5) is 11.5. The van der Waals surface area contributed by atoms with Gasteiger partial charge in [0, 0.05) is 11.6 Å². The van der Waals surface area contributed by atoms with Gasteiger partial charge in [0.2, 0.25) is 5.69 Å². The van der Waals surface area contributed by atoms with Crippen LogP contribution in [-0.4, -0.2) is 38.7 Å². The van der Waals surface area contributed by atoms with Crippen molar-refractivity contribution in [3.8, 4) is 17.0 Å². The monoisotopic (exact) mass is 457 g/mol. The molecule has 0 bridgehead atoms. The molecule has 0 N–H and O–H groups in total. The fraction of sp³-hybridized carbons (Fsp3) is 0.200. The maximum Gasteiger partial charge on any atom is 0.485 e. The molecule has 0 amide bonds. The number of hydrogen-bond donors (Lipinski definition) is 0. The molecule has 3 rings (SSSR count). The van der Waals surface area contributed by atoms with E-state index >= 15 is 0 Å². The molecule has 1 heterocycles. The molecule has 0 fully saturated rings. The number of nitrogens with zero attached hydrogens (tertiary/aromatic N) is 1. The lowest BCUT2D eigenvalue weighted by Gasteiger charge is -2.08. The largest absolute Gasteiger partial charge is 0.741 e. The lowest BCUT2D eigenvalue weighted by atomic mass is 10.0. The van der Waals surface area contributed by atoms with Crippen LogP contribution < -0.4 is 9.30 Å². The zero-order chi connectivity index (χ0) is 23.4. The third kappa shape index (κ3) is 5.70. The van der Waals surface area contributed by atoms with E-state index in [-0.39, 0.29) is 5.97 Å². The quantitative estimate of drug-likeness (QED) is 0.259. The minimum atomic E-state index is -6.09. The van der Waals surface area contributed by atoms with E-state index in [9.17, 15) is 18.0 Å². The minimum absolute atomic E-state index is 0.329. The van der Waals surface area contributed by atoms with Gasteiger partial charge in [-0.25, -0.2) is 17.8 Å². The fourth-order valence-corrected chi connectivity index (χ4v) is 2.70. The zero-order valence-corrected chi connectivity index (χ0v) is 17.5. The molecule has 0 spiro atoms. The standard InChI is InChI=1S/C19H18NO3.CHF3O3S/c1-20-12-16-15(5-4-6-18(16)22-2)11-17(20)13-7-9-14(10-8-13)19(21)23-3;2-1(3,4)8(5,6)7/h4-12H,1-3H3;(H,5,6,7)/q+1;/p-1. The van der Waals surface area contributed by atoms with Gasteiger partial charge in [0.1, 0.15) is 12.8 Å². The van der Waals surface area contributed by atoms with Crippen molar-refractivity contribution in [1.29, 1.82) is 0 Å². The highest BCUT2D eigenvalue weighted by atomic mass is 32.2. The second kappa shape index (κ2) is 9.31. The number of methoxy groups -OCH3 is 2. The average Bonchev–Trinajstić information content (AvgIpc) is 2.71. The van der Waals surface area contributed by atoms with E-state index in [0.717, 1.165) is 27.8 Å². The molecular weight excluding hydrogens is 439 g/mol. The van der Waals surface area contributed by atoms with Gasteiger partial charge in [0.25, 0.3) is 0 Å². The van der Waals surface area contributed by atoms with Crippen molar-refractivity contribution in [3.63, 3.8) is 0 Å². The van der Waals surface area contributed by atoms with E-state index in [0.29, 0.717) is 5.56 Å². The van der Waals surface area contributed by atoms with Gasteiger partial charge >= 0.3 is 11.5 Å². The second-order valence-electron chi connectivity index (χ2n) is 6.20. The lowest BCUT2D eigenvalue weighted by Crippen LogP contribution is -2.30. The highest BCUT2D eigenvalue weighted by Gasteiger charge is 2.36. The normalized spacial score (nSPS) is 11.5. The topological polar surface area (TPSA) is 96.6 Å². The van der Waals surface area contributed by atoms with Crippen molar-refractivity contribution in [2.45, 2.75) is 5.51 Å². The predicted molar refractivity (Wildman–Crippen MR) is 104 cm³/mol. The molecule has 0 atom stereocenters. The van der Waals surface area contributed by atoms with Gasteiger partial charge in [0.05, 0.1) is 25.2 Å². The van der Waals surface area contributed by atoms with Gasteiger partial charge < -0.3 is 14.0 Å². The Balaban J connectivity index is 0.000000366. The smallest absolute Gasteiger partial charge is 0.485 e. The van der Waals surface area contributed by atoms with Gasteiger partial charge in [-0.15, -0.1) is 0 Å². The number of carbonyl (C=O) groups excluding carboxylic acids is 1. The molecule has 0 saturated heterocycles. The fourth-order valence-electron chi connectivity index (χ4n) is 2.70. The molecule has 0 aliphatic heterocycles. The van der Waals surface area contributed by atoms with Crippen molar-refractivity contribution in [2.75, 3.05) is 14.2 Å². The summed E-state index contributed by atoms with van der Waals surface area (Å²) in [6, 6.07) is 15.5. The number of pyridine rings is 1. The number of fused-ring (bicyclic) bond motifs is 1. The number of esters is 1. The summed E-state index contributed by atoms with van der Waals surface area (Å²) in [6.45, 7) is 0. The van der Waals surface area contributed by atoms with E-state index in [4.69, 9.17) is 22.4 Å². The number of aryl methyl sites for hydroxylation is 1. The molecule has 0 radical (unpaired) electrons. The molecule has 7 nitrogen and oxygen atoms in total. The van der Waals surface area contributed by atoms with Gasteiger partial charge in [-0.05, 0) is 35.7 Å². The van der Waals surface area contributed by atoms with Gasteiger partial charge in [-0.2, -0.15) is 13.2 Å². The number of ether oxygens (including phenoxy) is 2. The summed E-state index contributed by atoms with van der Waals surface area (Å²) in [5.74, 6) is 0.523. The Kier molecular flexibility index (Phi) is 7.24. The molecule has 1 aromatic heterocycles. The zero-order valence-electron chi connectivity index (χ0n) is 16.6. The highest BCUT2D eigenvalue weighted by molar-refractivity contribution is 7.86.